The summed E-state index contributed by atoms with van der Waals surface area (Å²) in [5.41, 5.74) is 6.62. The van der Waals surface area contributed by atoms with Crippen LogP contribution in [0.15, 0.2) is 34.2 Å². The molecule has 0 amide bonds. The Morgan fingerprint density at radius 2 is 2.36 bits per heavy atom. The highest BCUT2D eigenvalue weighted by Crippen LogP contribution is 2.18. The van der Waals surface area contributed by atoms with Gasteiger partial charge in [0.25, 0.3) is 0 Å². The first-order chi connectivity index (χ1) is 6.76. The second-order valence-corrected chi connectivity index (χ2v) is 3.60. The number of benzene rings is 1. The van der Waals surface area contributed by atoms with Crippen molar-refractivity contribution in [2.75, 3.05) is 18.1 Å². The van der Waals surface area contributed by atoms with Crippen LogP contribution in [0.1, 0.15) is 6.92 Å². The number of hydrogen-bond acceptors (Lipinski definition) is 2. The molecule has 4 heteroatoms. The van der Waals surface area contributed by atoms with Crippen molar-refractivity contribution in [2.45, 2.75) is 11.8 Å². The minimum absolute atomic E-state index is 0.464. The zero-order valence-corrected chi connectivity index (χ0v) is 9.27. The van der Waals surface area contributed by atoms with Crippen LogP contribution in [0.4, 0.5) is 5.69 Å². The lowest BCUT2D eigenvalue weighted by Gasteiger charge is -2.06. The summed E-state index contributed by atoms with van der Waals surface area (Å²) in [4.78, 5) is 5.26. The fourth-order valence-electron chi connectivity index (χ4n) is 1.06. The van der Waals surface area contributed by atoms with Crippen molar-refractivity contribution in [3.05, 3.63) is 24.3 Å². The molecule has 0 aliphatic rings. The van der Waals surface area contributed by atoms with Crippen molar-refractivity contribution in [1.29, 1.82) is 0 Å². The van der Waals surface area contributed by atoms with Crippen LogP contribution in [0.25, 0.3) is 0 Å². The van der Waals surface area contributed by atoms with Gasteiger partial charge in [-0.2, -0.15) is 0 Å². The maximum absolute atomic E-state index is 5.64. The highest BCUT2D eigenvalue weighted by molar-refractivity contribution is 7.98. The van der Waals surface area contributed by atoms with Crippen LogP contribution in [0, 0.1) is 0 Å². The summed E-state index contributed by atoms with van der Waals surface area (Å²) < 4.78 is 0. The Hall–Kier alpha value is -1.16. The second kappa shape index (κ2) is 5.54. The average Bonchev–Trinajstić information content (AvgIpc) is 2.18. The number of aliphatic imine (C=N–C) groups is 1. The normalized spacial score (nSPS) is 11.4. The number of guanidine groups is 1. The van der Waals surface area contributed by atoms with E-state index in [4.69, 9.17) is 5.73 Å². The van der Waals surface area contributed by atoms with Gasteiger partial charge in [0.1, 0.15) is 0 Å². The van der Waals surface area contributed by atoms with Gasteiger partial charge in [-0.05, 0) is 31.4 Å². The molecule has 0 aliphatic carbocycles. The Labute approximate surface area is 88.8 Å². The molecule has 1 aromatic rings. The first-order valence-electron chi connectivity index (χ1n) is 4.47. The maximum atomic E-state index is 5.64. The van der Waals surface area contributed by atoms with Crippen molar-refractivity contribution < 1.29 is 0 Å². The van der Waals surface area contributed by atoms with Crippen LogP contribution in [-0.4, -0.2) is 18.8 Å². The Bertz CT molecular complexity index is 323. The number of nitrogens with zero attached hydrogens (tertiary/aromatic N) is 1. The molecule has 0 fully saturated rings. The molecule has 14 heavy (non-hydrogen) atoms. The monoisotopic (exact) mass is 209 g/mol. The van der Waals surface area contributed by atoms with Gasteiger partial charge < -0.3 is 11.1 Å². The smallest absolute Gasteiger partial charge is 0.193 e. The van der Waals surface area contributed by atoms with Crippen LogP contribution in [-0.2, 0) is 0 Å². The molecule has 1 aromatic carbocycles. The van der Waals surface area contributed by atoms with E-state index in [0.717, 1.165) is 5.69 Å². The highest BCUT2D eigenvalue weighted by Gasteiger charge is 1.95. The molecule has 0 heterocycles. The first kappa shape index (κ1) is 10.9. The molecule has 0 unspecified atom stereocenters. The zero-order valence-electron chi connectivity index (χ0n) is 8.45. The van der Waals surface area contributed by atoms with E-state index in [1.807, 2.05) is 31.4 Å². The molecule has 0 saturated carbocycles. The van der Waals surface area contributed by atoms with Gasteiger partial charge in [-0.1, -0.05) is 6.07 Å². The Morgan fingerprint density at radius 1 is 1.57 bits per heavy atom. The van der Waals surface area contributed by atoms with E-state index >= 15 is 0 Å². The molecule has 0 aromatic heterocycles. The third-order valence-electron chi connectivity index (χ3n) is 1.67. The van der Waals surface area contributed by atoms with Crippen LogP contribution < -0.4 is 11.1 Å². The predicted octanol–water partition coefficient (Wildman–Crippen LogP) is 2.16. The quantitative estimate of drug-likeness (QED) is 0.455. The van der Waals surface area contributed by atoms with Crippen LogP contribution in [0.2, 0.25) is 0 Å². The minimum Gasteiger partial charge on any atom is -0.370 e. The van der Waals surface area contributed by atoms with Crippen molar-refractivity contribution in [3.63, 3.8) is 0 Å². The van der Waals surface area contributed by atoms with Crippen molar-refractivity contribution in [3.8, 4) is 0 Å². The number of thioether (sulfide) groups is 1. The molecule has 3 N–H and O–H groups in total. The number of anilines is 1. The lowest BCUT2D eigenvalue weighted by Crippen LogP contribution is -2.22. The van der Waals surface area contributed by atoms with Crippen LogP contribution in [0.5, 0.6) is 0 Å². The molecule has 1 rings (SSSR count). The molecule has 0 aliphatic heterocycles. The van der Waals surface area contributed by atoms with E-state index < -0.39 is 0 Å². The molecule has 76 valence electrons. The van der Waals surface area contributed by atoms with Gasteiger partial charge in [0.15, 0.2) is 5.96 Å². The molecule has 0 atom stereocenters. The van der Waals surface area contributed by atoms with Gasteiger partial charge in [-0.3, -0.25) is 4.99 Å². The number of nitrogens with one attached hydrogen (secondary N) is 1. The Balaban J connectivity index is 2.71. The third kappa shape index (κ3) is 3.30. The van der Waals surface area contributed by atoms with E-state index in [2.05, 4.69) is 16.4 Å². The van der Waals surface area contributed by atoms with Crippen LogP contribution >= 0.6 is 11.8 Å². The van der Waals surface area contributed by atoms with E-state index in [1.165, 1.54) is 4.90 Å². The zero-order chi connectivity index (χ0) is 10.4. The average molecular weight is 209 g/mol. The molecule has 0 bridgehead atoms. The van der Waals surface area contributed by atoms with Crippen molar-refractivity contribution in [1.82, 2.24) is 0 Å². The SMILES string of the molecule is CCN=C(N)Nc1cccc(SC)c1. The Morgan fingerprint density at radius 3 is 3.00 bits per heavy atom. The molecular weight excluding hydrogens is 194 g/mol. The lowest BCUT2D eigenvalue weighted by molar-refractivity contribution is 1.12. The van der Waals surface area contributed by atoms with E-state index in [1.54, 1.807) is 11.8 Å². The number of hydrogen-bond donors (Lipinski definition) is 2. The molecule has 3 nitrogen and oxygen atoms in total. The fraction of sp³-hybridized carbons (Fsp3) is 0.300. The minimum atomic E-state index is 0.464. The predicted molar refractivity (Wildman–Crippen MR) is 64.0 cm³/mol. The number of rotatable bonds is 3. The highest BCUT2D eigenvalue weighted by atomic mass is 32.2. The number of nitrogens with two attached hydrogens (primary N) is 1. The summed E-state index contributed by atoms with van der Waals surface area (Å²) in [5.74, 6) is 0.464. The summed E-state index contributed by atoms with van der Waals surface area (Å²) in [6.45, 7) is 2.65. The third-order valence-corrected chi connectivity index (χ3v) is 2.40. The van der Waals surface area contributed by atoms with Gasteiger partial charge in [-0.15, -0.1) is 11.8 Å². The van der Waals surface area contributed by atoms with Gasteiger partial charge >= 0.3 is 0 Å². The summed E-state index contributed by atoms with van der Waals surface area (Å²) in [5, 5.41) is 3.03. The summed E-state index contributed by atoms with van der Waals surface area (Å²) in [6, 6.07) is 8.07. The topological polar surface area (TPSA) is 50.4 Å². The molecule has 0 saturated heterocycles. The second-order valence-electron chi connectivity index (χ2n) is 2.72. The summed E-state index contributed by atoms with van der Waals surface area (Å²) in [6.07, 6.45) is 2.04. The van der Waals surface area contributed by atoms with Gasteiger partial charge in [0.2, 0.25) is 0 Å². The van der Waals surface area contributed by atoms with Crippen LogP contribution in [0.3, 0.4) is 0 Å². The maximum Gasteiger partial charge on any atom is 0.193 e. The van der Waals surface area contributed by atoms with Gasteiger partial charge in [0.05, 0.1) is 0 Å². The largest absolute Gasteiger partial charge is 0.370 e. The van der Waals surface area contributed by atoms with E-state index in [-0.39, 0.29) is 0 Å². The summed E-state index contributed by atoms with van der Waals surface area (Å²) >= 11 is 1.70. The lowest BCUT2D eigenvalue weighted by atomic mass is 10.3. The standard InChI is InChI=1S/C10H15N3S/c1-3-12-10(11)13-8-5-4-6-9(7-8)14-2/h4-7H,3H2,1-2H3,(H3,11,12,13). The van der Waals surface area contributed by atoms with Gasteiger partial charge in [0, 0.05) is 17.1 Å². The first-order valence-corrected chi connectivity index (χ1v) is 5.69. The van der Waals surface area contributed by atoms with Crippen molar-refractivity contribution in [2.24, 2.45) is 10.7 Å². The molecule has 0 radical (unpaired) electrons. The van der Waals surface area contributed by atoms with E-state index in [9.17, 15) is 0 Å². The molecule has 0 spiro atoms. The van der Waals surface area contributed by atoms with E-state index in [0.29, 0.717) is 12.5 Å². The van der Waals surface area contributed by atoms with Crippen molar-refractivity contribution >= 4 is 23.4 Å². The van der Waals surface area contributed by atoms with Gasteiger partial charge in [-0.25, -0.2) is 0 Å². The molecular formula is C10H15N3S. The fourth-order valence-corrected chi connectivity index (χ4v) is 1.52. The summed E-state index contributed by atoms with van der Waals surface area (Å²) in [7, 11) is 0. The Kier molecular flexibility index (Phi) is 4.32.